The van der Waals surface area contributed by atoms with Crippen molar-refractivity contribution in [1.29, 1.82) is 0 Å². The lowest BCUT2D eigenvalue weighted by atomic mass is 10.2. The Morgan fingerprint density at radius 3 is 2.70 bits per heavy atom. The maximum Gasteiger partial charge on any atom is 0.423 e. The van der Waals surface area contributed by atoms with Crippen LogP contribution >= 0.6 is 0 Å². The second kappa shape index (κ2) is 8.53. The summed E-state index contributed by atoms with van der Waals surface area (Å²) < 4.78 is 48.8. The number of aromatic amines is 1. The lowest BCUT2D eigenvalue weighted by Crippen LogP contribution is -2.33. The average Bonchev–Trinajstić information content (AvgIpc) is 2.42. The van der Waals surface area contributed by atoms with E-state index in [9.17, 15) is 22.8 Å². The Hall–Kier alpha value is -2.07. The van der Waals surface area contributed by atoms with Crippen molar-refractivity contribution in [3.63, 3.8) is 0 Å². The summed E-state index contributed by atoms with van der Waals surface area (Å²) in [5.41, 5.74) is -3.00. The predicted octanol–water partition coefficient (Wildman–Crippen LogP) is 1.31. The van der Waals surface area contributed by atoms with Crippen LogP contribution in [0.3, 0.4) is 0 Å². The van der Waals surface area contributed by atoms with E-state index in [1.165, 1.54) is 7.11 Å². The Bertz CT molecular complexity index is 573. The normalized spacial score (nSPS) is 12.9. The van der Waals surface area contributed by atoms with Crippen molar-refractivity contribution in [3.8, 4) is 0 Å². The van der Waals surface area contributed by atoms with Gasteiger partial charge in [-0.1, -0.05) is 0 Å². The molecule has 1 aromatic rings. The van der Waals surface area contributed by atoms with Crippen LogP contribution in [-0.4, -0.2) is 49.0 Å². The number of aliphatic carboxylic acids is 1. The smallest absolute Gasteiger partial charge is 0.423 e. The quantitative estimate of drug-likeness (QED) is 0.587. The molecule has 7 nitrogen and oxygen atoms in total. The zero-order valence-electron chi connectivity index (χ0n) is 12.3. The molecule has 1 rings (SSSR count). The summed E-state index contributed by atoms with van der Waals surface area (Å²) in [7, 11) is 1.36. The molecule has 0 aliphatic heterocycles. The van der Waals surface area contributed by atoms with Crippen molar-refractivity contribution in [1.82, 2.24) is 4.98 Å². The molecule has 0 saturated heterocycles. The van der Waals surface area contributed by atoms with Crippen LogP contribution in [0.2, 0.25) is 0 Å². The van der Waals surface area contributed by atoms with Crippen LogP contribution in [0.4, 0.5) is 18.9 Å². The number of carboxylic acid groups (broad SMARTS) is 1. The third-order valence-electron chi connectivity index (χ3n) is 2.75. The molecule has 0 bridgehead atoms. The summed E-state index contributed by atoms with van der Waals surface area (Å²) in [4.78, 5) is 23.8. The van der Waals surface area contributed by atoms with E-state index in [-0.39, 0.29) is 26.2 Å². The molecule has 0 aromatic carbocycles. The molecule has 23 heavy (non-hydrogen) atoms. The summed E-state index contributed by atoms with van der Waals surface area (Å²) in [5, 5.41) is 11.0. The summed E-state index contributed by atoms with van der Waals surface area (Å²) >= 11 is 0. The van der Waals surface area contributed by atoms with Crippen molar-refractivity contribution in [2.75, 3.05) is 32.2 Å². The highest BCUT2D eigenvalue weighted by atomic mass is 19.4. The number of carboxylic acids is 1. The van der Waals surface area contributed by atoms with E-state index in [4.69, 9.17) is 14.6 Å². The number of aromatic nitrogens is 1. The van der Waals surface area contributed by atoms with E-state index in [1.54, 1.807) is 0 Å². The van der Waals surface area contributed by atoms with Crippen molar-refractivity contribution in [3.05, 3.63) is 28.2 Å². The molecule has 0 fully saturated rings. The van der Waals surface area contributed by atoms with Crippen molar-refractivity contribution in [2.45, 2.75) is 18.6 Å². The highest BCUT2D eigenvalue weighted by Gasteiger charge is 2.37. The SMILES string of the molecule is COCC(COCCC(=O)O)Nc1cc[nH]c(=O)c1C(F)(F)F. The maximum absolute atomic E-state index is 13.0. The number of pyridine rings is 1. The molecular formula is C13H17F3N2O5. The number of anilines is 1. The molecule has 0 spiro atoms. The topological polar surface area (TPSA) is 101 Å². The summed E-state index contributed by atoms with van der Waals surface area (Å²) in [6.07, 6.45) is -3.95. The molecule has 1 atom stereocenters. The lowest BCUT2D eigenvalue weighted by Gasteiger charge is -2.21. The Balaban J connectivity index is 2.82. The number of nitrogens with one attached hydrogen (secondary N) is 2. The second-order valence-electron chi connectivity index (χ2n) is 4.61. The number of carbonyl (C=O) groups is 1. The maximum atomic E-state index is 13.0. The number of hydrogen-bond donors (Lipinski definition) is 3. The minimum Gasteiger partial charge on any atom is -0.481 e. The second-order valence-corrected chi connectivity index (χ2v) is 4.61. The molecule has 10 heteroatoms. The van der Waals surface area contributed by atoms with E-state index in [2.05, 4.69) is 5.32 Å². The lowest BCUT2D eigenvalue weighted by molar-refractivity contribution is -0.139. The highest BCUT2D eigenvalue weighted by Crippen LogP contribution is 2.31. The van der Waals surface area contributed by atoms with E-state index >= 15 is 0 Å². The van der Waals surface area contributed by atoms with Gasteiger partial charge in [-0.15, -0.1) is 0 Å². The highest BCUT2D eigenvalue weighted by molar-refractivity contribution is 5.66. The van der Waals surface area contributed by atoms with Crippen LogP contribution in [0.25, 0.3) is 0 Å². The minimum absolute atomic E-state index is 0.0111. The molecule has 1 heterocycles. The van der Waals surface area contributed by atoms with E-state index < -0.39 is 35.0 Å². The van der Waals surface area contributed by atoms with Gasteiger partial charge in [0.25, 0.3) is 5.56 Å². The molecule has 130 valence electrons. The first-order valence-electron chi connectivity index (χ1n) is 6.59. The molecule has 1 unspecified atom stereocenters. The van der Waals surface area contributed by atoms with Crippen molar-refractivity contribution in [2.24, 2.45) is 0 Å². The van der Waals surface area contributed by atoms with Gasteiger partial charge in [0.1, 0.15) is 5.56 Å². The fraction of sp³-hybridized carbons (Fsp3) is 0.538. The van der Waals surface area contributed by atoms with Crippen LogP contribution in [0.15, 0.2) is 17.1 Å². The van der Waals surface area contributed by atoms with Crippen molar-refractivity contribution < 1.29 is 32.5 Å². The van der Waals surface area contributed by atoms with Gasteiger partial charge in [0.15, 0.2) is 0 Å². The van der Waals surface area contributed by atoms with Gasteiger partial charge in [-0.2, -0.15) is 13.2 Å². The average molecular weight is 338 g/mol. The largest absolute Gasteiger partial charge is 0.481 e. The number of hydrogen-bond acceptors (Lipinski definition) is 5. The van der Waals surface area contributed by atoms with Crippen LogP contribution in [-0.2, 0) is 20.4 Å². The number of alkyl halides is 3. The monoisotopic (exact) mass is 338 g/mol. The Morgan fingerprint density at radius 1 is 1.43 bits per heavy atom. The number of halogens is 3. The van der Waals surface area contributed by atoms with E-state index in [1.807, 2.05) is 4.98 Å². The van der Waals surface area contributed by atoms with Gasteiger partial charge in [0, 0.05) is 13.3 Å². The molecule has 0 aliphatic carbocycles. The zero-order chi connectivity index (χ0) is 17.5. The van der Waals surface area contributed by atoms with Gasteiger partial charge in [0.05, 0.1) is 38.0 Å². The fourth-order valence-electron chi connectivity index (χ4n) is 1.82. The molecule has 0 saturated carbocycles. The molecule has 0 radical (unpaired) electrons. The molecule has 0 aliphatic rings. The minimum atomic E-state index is -4.82. The third kappa shape index (κ3) is 6.28. The molecule has 0 amide bonds. The van der Waals surface area contributed by atoms with Crippen LogP contribution in [0, 0.1) is 0 Å². The van der Waals surface area contributed by atoms with Gasteiger partial charge < -0.3 is 24.9 Å². The van der Waals surface area contributed by atoms with Crippen molar-refractivity contribution >= 4 is 11.7 Å². The predicted molar refractivity (Wildman–Crippen MR) is 74.4 cm³/mol. The van der Waals surface area contributed by atoms with E-state index in [0.717, 1.165) is 12.3 Å². The van der Waals surface area contributed by atoms with Gasteiger partial charge in [-0.3, -0.25) is 9.59 Å². The Morgan fingerprint density at radius 2 is 2.13 bits per heavy atom. The summed E-state index contributed by atoms with van der Waals surface area (Å²) in [5.74, 6) is -1.05. The molecule has 1 aromatic heterocycles. The number of methoxy groups -OCH3 is 1. The first kappa shape index (κ1) is 19.0. The number of H-pyrrole nitrogens is 1. The van der Waals surface area contributed by atoms with Gasteiger partial charge in [-0.25, -0.2) is 0 Å². The number of rotatable bonds is 9. The Labute approximate surface area is 129 Å². The standard InChI is InChI=1S/C13H17F3N2O5/c1-22-6-8(7-23-5-3-10(19)20)18-9-2-4-17-12(21)11(9)13(14,15)16/h2,4,8H,3,5-7H2,1H3,(H,19,20)(H2,17,18,21). The van der Waals surface area contributed by atoms with E-state index in [0.29, 0.717) is 0 Å². The summed E-state index contributed by atoms with van der Waals surface area (Å²) in [6, 6.07) is 0.404. The summed E-state index contributed by atoms with van der Waals surface area (Å²) in [6.45, 7) is -0.152. The van der Waals surface area contributed by atoms with Gasteiger partial charge in [-0.05, 0) is 6.07 Å². The molecule has 3 N–H and O–H groups in total. The van der Waals surface area contributed by atoms with Crippen LogP contribution in [0.5, 0.6) is 0 Å². The molecular weight excluding hydrogens is 321 g/mol. The van der Waals surface area contributed by atoms with Gasteiger partial charge >= 0.3 is 12.1 Å². The van der Waals surface area contributed by atoms with Crippen LogP contribution in [0.1, 0.15) is 12.0 Å². The Kier molecular flexibility index (Phi) is 7.04. The fourth-order valence-corrected chi connectivity index (χ4v) is 1.82. The first-order chi connectivity index (χ1) is 10.8. The van der Waals surface area contributed by atoms with Gasteiger partial charge in [0.2, 0.25) is 0 Å². The third-order valence-corrected chi connectivity index (χ3v) is 2.75. The first-order valence-corrected chi connectivity index (χ1v) is 6.59. The van der Waals surface area contributed by atoms with Crippen LogP contribution < -0.4 is 10.9 Å². The number of ether oxygens (including phenoxy) is 2. The zero-order valence-corrected chi connectivity index (χ0v) is 12.3.